The number of unbranched alkanes of at least 4 members (excludes halogenated alkanes) is 6. The van der Waals surface area contributed by atoms with Gasteiger partial charge in [-0.05, 0) is 62.7 Å². The maximum absolute atomic E-state index is 9.70. The lowest BCUT2D eigenvalue weighted by Crippen LogP contribution is -2.31. The van der Waals surface area contributed by atoms with Crippen LogP contribution < -0.4 is 0 Å². The molecule has 2 aliphatic carbocycles. The molecule has 0 aromatic carbocycles. The molecule has 0 aliphatic heterocycles. The SMILES string of the molecule is CCCCCCCCC1CCC(C2CCC(C#N)(CCCC)CC2)CC1. The van der Waals surface area contributed by atoms with Gasteiger partial charge in [0.15, 0.2) is 0 Å². The molecule has 26 heavy (non-hydrogen) atoms. The summed E-state index contributed by atoms with van der Waals surface area (Å²) in [4.78, 5) is 0. The van der Waals surface area contributed by atoms with Crippen LogP contribution in [0.2, 0.25) is 0 Å². The summed E-state index contributed by atoms with van der Waals surface area (Å²) >= 11 is 0. The van der Waals surface area contributed by atoms with Crippen molar-refractivity contribution in [2.45, 2.75) is 129 Å². The van der Waals surface area contributed by atoms with Crippen molar-refractivity contribution in [2.75, 3.05) is 0 Å². The van der Waals surface area contributed by atoms with E-state index in [1.807, 2.05) is 0 Å². The molecule has 1 nitrogen and oxygen atoms in total. The average molecular weight is 360 g/mol. The van der Waals surface area contributed by atoms with E-state index in [-0.39, 0.29) is 5.41 Å². The first-order valence-corrected chi connectivity index (χ1v) is 12.1. The Balaban J connectivity index is 1.61. The molecule has 0 aromatic heterocycles. The summed E-state index contributed by atoms with van der Waals surface area (Å²) in [5, 5.41) is 9.70. The van der Waals surface area contributed by atoms with Crippen molar-refractivity contribution in [3.63, 3.8) is 0 Å². The molecule has 0 saturated heterocycles. The van der Waals surface area contributed by atoms with E-state index in [0.29, 0.717) is 0 Å². The van der Waals surface area contributed by atoms with E-state index in [0.717, 1.165) is 24.2 Å². The lowest BCUT2D eigenvalue weighted by molar-refractivity contribution is 0.115. The van der Waals surface area contributed by atoms with Crippen molar-refractivity contribution in [2.24, 2.45) is 23.2 Å². The van der Waals surface area contributed by atoms with E-state index in [1.165, 1.54) is 109 Å². The van der Waals surface area contributed by atoms with Gasteiger partial charge in [0.2, 0.25) is 0 Å². The zero-order valence-corrected chi connectivity index (χ0v) is 17.9. The van der Waals surface area contributed by atoms with Crippen LogP contribution >= 0.6 is 0 Å². The molecule has 0 atom stereocenters. The van der Waals surface area contributed by atoms with Crippen molar-refractivity contribution in [3.05, 3.63) is 0 Å². The Labute approximate surface area is 164 Å². The molecule has 150 valence electrons. The number of nitrogens with zero attached hydrogens (tertiary/aromatic N) is 1. The molecule has 2 saturated carbocycles. The molecular weight excluding hydrogens is 314 g/mol. The number of hydrogen-bond donors (Lipinski definition) is 0. The average Bonchev–Trinajstić information content (AvgIpc) is 2.70. The van der Waals surface area contributed by atoms with Crippen LogP contribution in [0.1, 0.15) is 129 Å². The second kappa shape index (κ2) is 12.0. The third-order valence-electron chi connectivity index (χ3n) is 7.76. The Bertz CT molecular complexity index is 391. The fourth-order valence-electron chi connectivity index (χ4n) is 5.76. The largest absolute Gasteiger partial charge is 0.198 e. The fraction of sp³-hybridized carbons (Fsp3) is 0.960. The van der Waals surface area contributed by atoms with E-state index in [9.17, 15) is 5.26 Å². The van der Waals surface area contributed by atoms with Crippen LogP contribution in [0.15, 0.2) is 0 Å². The molecule has 0 N–H and O–H groups in total. The molecule has 0 spiro atoms. The van der Waals surface area contributed by atoms with Crippen LogP contribution in [0.4, 0.5) is 0 Å². The molecule has 0 unspecified atom stereocenters. The van der Waals surface area contributed by atoms with Crippen LogP contribution in [0, 0.1) is 34.5 Å². The van der Waals surface area contributed by atoms with Crippen LogP contribution in [-0.2, 0) is 0 Å². The van der Waals surface area contributed by atoms with Crippen molar-refractivity contribution < 1.29 is 0 Å². The molecule has 0 aromatic rings. The Kier molecular flexibility index (Phi) is 10.1. The predicted molar refractivity (Wildman–Crippen MR) is 113 cm³/mol. The highest BCUT2D eigenvalue weighted by Crippen LogP contribution is 2.47. The summed E-state index contributed by atoms with van der Waals surface area (Å²) in [5.41, 5.74) is 0.0431. The number of rotatable bonds is 11. The number of hydrogen-bond acceptors (Lipinski definition) is 1. The molecule has 2 rings (SSSR count). The van der Waals surface area contributed by atoms with Crippen molar-refractivity contribution in [1.29, 1.82) is 5.26 Å². The fourth-order valence-corrected chi connectivity index (χ4v) is 5.76. The highest BCUT2D eigenvalue weighted by atomic mass is 14.4. The molecule has 1 heteroatoms. The van der Waals surface area contributed by atoms with Gasteiger partial charge in [-0.15, -0.1) is 0 Å². The third kappa shape index (κ3) is 6.90. The van der Waals surface area contributed by atoms with Crippen LogP contribution in [0.25, 0.3) is 0 Å². The van der Waals surface area contributed by atoms with Crippen molar-refractivity contribution in [1.82, 2.24) is 0 Å². The zero-order valence-electron chi connectivity index (χ0n) is 17.9. The topological polar surface area (TPSA) is 23.8 Å². The summed E-state index contributed by atoms with van der Waals surface area (Å²) in [7, 11) is 0. The summed E-state index contributed by atoms with van der Waals surface area (Å²) in [6.45, 7) is 4.55. The quantitative estimate of drug-likeness (QED) is 0.339. The maximum Gasteiger partial charge on any atom is 0.0689 e. The molecule has 0 amide bonds. The molecule has 2 fully saturated rings. The highest BCUT2D eigenvalue weighted by Gasteiger charge is 2.38. The Morgan fingerprint density at radius 1 is 0.731 bits per heavy atom. The molecular formula is C25H45N. The smallest absolute Gasteiger partial charge is 0.0689 e. The Hall–Kier alpha value is -0.510. The summed E-state index contributed by atoms with van der Waals surface area (Å²) in [6.07, 6.45) is 24.8. The van der Waals surface area contributed by atoms with Crippen molar-refractivity contribution >= 4 is 0 Å². The monoisotopic (exact) mass is 359 g/mol. The lowest BCUT2D eigenvalue weighted by Gasteiger charge is -2.41. The minimum atomic E-state index is 0.0431. The predicted octanol–water partition coefficient (Wildman–Crippen LogP) is 8.43. The van der Waals surface area contributed by atoms with Gasteiger partial charge < -0.3 is 0 Å². The lowest BCUT2D eigenvalue weighted by atomic mass is 9.63. The number of nitriles is 1. The summed E-state index contributed by atoms with van der Waals surface area (Å²) < 4.78 is 0. The summed E-state index contributed by atoms with van der Waals surface area (Å²) in [6, 6.07) is 2.72. The maximum atomic E-state index is 9.70. The van der Waals surface area contributed by atoms with Crippen molar-refractivity contribution in [3.8, 4) is 6.07 Å². The van der Waals surface area contributed by atoms with Crippen LogP contribution in [0.3, 0.4) is 0 Å². The van der Waals surface area contributed by atoms with E-state index in [4.69, 9.17) is 0 Å². The minimum absolute atomic E-state index is 0.0431. The van der Waals surface area contributed by atoms with E-state index in [1.54, 1.807) is 0 Å². The van der Waals surface area contributed by atoms with Gasteiger partial charge in [0.25, 0.3) is 0 Å². The normalized spacial score (nSPS) is 32.3. The standard InChI is InChI=1S/C25H45N/c1-3-5-7-8-9-10-11-22-12-14-23(15-13-22)24-16-19-25(21-26,20-17-24)18-6-4-2/h22-24H,3-20H2,1-2H3. The van der Waals surface area contributed by atoms with Crippen LogP contribution in [-0.4, -0.2) is 0 Å². The second-order valence-corrected chi connectivity index (χ2v) is 9.67. The van der Waals surface area contributed by atoms with Gasteiger partial charge in [-0.25, -0.2) is 0 Å². The Morgan fingerprint density at radius 2 is 1.31 bits per heavy atom. The zero-order chi connectivity index (χ0) is 18.7. The minimum Gasteiger partial charge on any atom is -0.198 e. The van der Waals surface area contributed by atoms with Gasteiger partial charge in [0.05, 0.1) is 11.5 Å². The molecule has 2 aliphatic rings. The van der Waals surface area contributed by atoms with Gasteiger partial charge in [-0.3, -0.25) is 0 Å². The van der Waals surface area contributed by atoms with Gasteiger partial charge in [0, 0.05) is 0 Å². The first kappa shape index (κ1) is 21.8. The van der Waals surface area contributed by atoms with Crippen LogP contribution in [0.5, 0.6) is 0 Å². The van der Waals surface area contributed by atoms with Gasteiger partial charge in [-0.1, -0.05) is 84.5 Å². The molecule has 0 heterocycles. The second-order valence-electron chi connectivity index (χ2n) is 9.67. The van der Waals surface area contributed by atoms with E-state index < -0.39 is 0 Å². The van der Waals surface area contributed by atoms with Gasteiger partial charge in [0.1, 0.15) is 0 Å². The van der Waals surface area contributed by atoms with Gasteiger partial charge in [-0.2, -0.15) is 5.26 Å². The third-order valence-corrected chi connectivity index (χ3v) is 7.76. The van der Waals surface area contributed by atoms with Gasteiger partial charge >= 0.3 is 0 Å². The first-order chi connectivity index (χ1) is 12.7. The van der Waals surface area contributed by atoms with E-state index in [2.05, 4.69) is 19.9 Å². The highest BCUT2D eigenvalue weighted by molar-refractivity contribution is 5.02. The molecule has 0 radical (unpaired) electrons. The first-order valence-electron chi connectivity index (χ1n) is 12.1. The van der Waals surface area contributed by atoms with E-state index >= 15 is 0 Å². The molecule has 0 bridgehead atoms. The summed E-state index contributed by atoms with van der Waals surface area (Å²) in [5.74, 6) is 2.95. The Morgan fingerprint density at radius 3 is 1.92 bits per heavy atom.